The van der Waals surface area contributed by atoms with E-state index in [0.717, 1.165) is 17.6 Å². The molecule has 4 aromatic carbocycles. The first-order chi connectivity index (χ1) is 12.9. The normalized spacial score (nSPS) is 11.2. The van der Waals surface area contributed by atoms with Crippen molar-refractivity contribution in [2.24, 2.45) is 0 Å². The van der Waals surface area contributed by atoms with Crippen LogP contribution >= 0.6 is 0 Å². The van der Waals surface area contributed by atoms with Crippen molar-refractivity contribution in [2.75, 3.05) is 0 Å². The van der Waals surface area contributed by atoms with Crippen LogP contribution in [0.15, 0.2) is 101 Å². The highest BCUT2D eigenvalue weighted by atomic mass is 16.3. The lowest BCUT2D eigenvalue weighted by molar-refractivity contribution is 0.668. The molecule has 124 valence electrons. The average Bonchev–Trinajstić information content (AvgIpc) is 3.07. The van der Waals surface area contributed by atoms with Gasteiger partial charge >= 0.3 is 0 Å². The molecule has 1 aromatic heterocycles. The zero-order chi connectivity index (χ0) is 17.3. The number of para-hydroxylation sites is 1. The first-order valence-electron chi connectivity index (χ1n) is 8.91. The molecule has 0 aliphatic rings. The lowest BCUT2D eigenvalue weighted by Gasteiger charge is -2.05. The molecule has 1 heteroatoms. The fraction of sp³-hybridized carbons (Fsp3) is 0.0400. The first-order valence-corrected chi connectivity index (χ1v) is 8.91. The Hall–Kier alpha value is -3.32. The van der Waals surface area contributed by atoms with Gasteiger partial charge in [0.25, 0.3) is 0 Å². The highest BCUT2D eigenvalue weighted by Crippen LogP contribution is 2.29. The number of hydrogen-bond donors (Lipinski definition) is 0. The molecule has 0 radical (unpaired) electrons. The van der Waals surface area contributed by atoms with Crippen molar-refractivity contribution in [3.8, 4) is 11.1 Å². The quantitative estimate of drug-likeness (QED) is 0.352. The predicted molar refractivity (Wildman–Crippen MR) is 108 cm³/mol. The molecule has 26 heavy (non-hydrogen) atoms. The van der Waals surface area contributed by atoms with Gasteiger partial charge in [-0.1, -0.05) is 84.9 Å². The third-order valence-corrected chi connectivity index (χ3v) is 4.91. The van der Waals surface area contributed by atoms with Crippen molar-refractivity contribution in [3.05, 3.63) is 108 Å². The van der Waals surface area contributed by atoms with E-state index in [1.807, 2.05) is 18.2 Å². The highest BCUT2D eigenvalue weighted by Gasteiger charge is 2.07. The minimum atomic E-state index is 0.905. The van der Waals surface area contributed by atoms with Crippen LogP contribution in [0.1, 0.15) is 11.1 Å². The molecule has 0 saturated heterocycles. The largest absolute Gasteiger partial charge is 0.456 e. The van der Waals surface area contributed by atoms with E-state index in [1.165, 1.54) is 33.0 Å². The summed E-state index contributed by atoms with van der Waals surface area (Å²) in [6.07, 6.45) is 0.905. The Morgan fingerprint density at radius 2 is 1.15 bits per heavy atom. The van der Waals surface area contributed by atoms with Crippen LogP contribution in [0.25, 0.3) is 33.1 Å². The Bertz CT molecular complexity index is 1180. The molecule has 0 fully saturated rings. The summed E-state index contributed by atoms with van der Waals surface area (Å²) in [7, 11) is 0. The van der Waals surface area contributed by atoms with E-state index in [1.54, 1.807) is 0 Å². The molecule has 0 saturated carbocycles. The van der Waals surface area contributed by atoms with Gasteiger partial charge in [-0.2, -0.15) is 0 Å². The van der Waals surface area contributed by atoms with Gasteiger partial charge in [0.15, 0.2) is 0 Å². The van der Waals surface area contributed by atoms with Crippen molar-refractivity contribution in [2.45, 2.75) is 6.42 Å². The summed E-state index contributed by atoms with van der Waals surface area (Å²) in [5.74, 6) is 0. The topological polar surface area (TPSA) is 13.1 Å². The average molecular weight is 334 g/mol. The molecule has 0 atom stereocenters. The molecular formula is C25H18O. The molecule has 0 N–H and O–H groups in total. The van der Waals surface area contributed by atoms with E-state index < -0.39 is 0 Å². The summed E-state index contributed by atoms with van der Waals surface area (Å²) in [4.78, 5) is 0. The molecular weight excluding hydrogens is 316 g/mol. The second-order valence-corrected chi connectivity index (χ2v) is 6.67. The van der Waals surface area contributed by atoms with Gasteiger partial charge in [-0.05, 0) is 40.8 Å². The predicted octanol–water partition coefficient (Wildman–Crippen LogP) is 6.84. The minimum absolute atomic E-state index is 0.905. The molecule has 0 bridgehead atoms. The molecule has 0 unspecified atom stereocenters. The number of hydrogen-bond acceptors (Lipinski definition) is 1. The van der Waals surface area contributed by atoms with Crippen LogP contribution in [-0.2, 0) is 6.42 Å². The SMILES string of the molecule is c1ccc(-c2ccc(Cc3ccc4c(c3)oc3ccccc34)cc2)cc1. The Morgan fingerprint density at radius 3 is 2.00 bits per heavy atom. The molecule has 0 amide bonds. The van der Waals surface area contributed by atoms with Crippen LogP contribution in [0, 0.1) is 0 Å². The van der Waals surface area contributed by atoms with Crippen molar-refractivity contribution in [3.63, 3.8) is 0 Å². The van der Waals surface area contributed by atoms with Gasteiger partial charge in [-0.25, -0.2) is 0 Å². The van der Waals surface area contributed by atoms with Gasteiger partial charge in [-0.3, -0.25) is 0 Å². The van der Waals surface area contributed by atoms with Crippen molar-refractivity contribution >= 4 is 21.9 Å². The molecule has 0 aliphatic heterocycles. The highest BCUT2D eigenvalue weighted by molar-refractivity contribution is 6.04. The monoisotopic (exact) mass is 334 g/mol. The summed E-state index contributed by atoms with van der Waals surface area (Å²) >= 11 is 0. The lowest BCUT2D eigenvalue weighted by atomic mass is 10.00. The maximum atomic E-state index is 6.01. The lowest BCUT2D eigenvalue weighted by Crippen LogP contribution is -1.88. The Balaban J connectivity index is 1.44. The molecule has 5 aromatic rings. The van der Waals surface area contributed by atoms with Gasteiger partial charge in [0, 0.05) is 10.8 Å². The van der Waals surface area contributed by atoms with Crippen molar-refractivity contribution < 1.29 is 4.42 Å². The standard InChI is InChI=1S/C25H18O/c1-2-6-20(7-3-1)21-13-10-18(11-14-21)16-19-12-15-23-22-8-4-5-9-24(22)26-25(23)17-19/h1-15,17H,16H2. The van der Waals surface area contributed by atoms with Crippen LogP contribution in [0.2, 0.25) is 0 Å². The van der Waals surface area contributed by atoms with E-state index in [4.69, 9.17) is 4.42 Å². The molecule has 0 spiro atoms. The van der Waals surface area contributed by atoms with E-state index in [9.17, 15) is 0 Å². The molecule has 5 rings (SSSR count). The summed E-state index contributed by atoms with van der Waals surface area (Å²) in [6.45, 7) is 0. The van der Waals surface area contributed by atoms with Gasteiger partial charge in [0.2, 0.25) is 0 Å². The molecule has 0 aliphatic carbocycles. The summed E-state index contributed by atoms with van der Waals surface area (Å²) < 4.78 is 6.01. The Kier molecular flexibility index (Phi) is 3.57. The van der Waals surface area contributed by atoms with Crippen LogP contribution in [-0.4, -0.2) is 0 Å². The third-order valence-electron chi connectivity index (χ3n) is 4.91. The van der Waals surface area contributed by atoms with E-state index >= 15 is 0 Å². The van der Waals surface area contributed by atoms with E-state index in [2.05, 4.69) is 78.9 Å². The van der Waals surface area contributed by atoms with Crippen LogP contribution < -0.4 is 0 Å². The smallest absolute Gasteiger partial charge is 0.135 e. The zero-order valence-electron chi connectivity index (χ0n) is 14.4. The van der Waals surface area contributed by atoms with Crippen LogP contribution in [0.5, 0.6) is 0 Å². The number of rotatable bonds is 3. The molecule has 1 nitrogen and oxygen atoms in total. The Labute approximate surface area is 152 Å². The molecule has 1 heterocycles. The summed E-state index contributed by atoms with van der Waals surface area (Å²) in [6, 6.07) is 34.1. The number of benzene rings is 4. The third kappa shape index (κ3) is 2.68. The maximum Gasteiger partial charge on any atom is 0.135 e. The van der Waals surface area contributed by atoms with Gasteiger partial charge in [0.05, 0.1) is 0 Å². The summed E-state index contributed by atoms with van der Waals surface area (Å²) in [5.41, 5.74) is 6.99. The van der Waals surface area contributed by atoms with Gasteiger partial charge < -0.3 is 4.42 Å². The first kappa shape index (κ1) is 15.0. The minimum Gasteiger partial charge on any atom is -0.456 e. The fourth-order valence-electron chi connectivity index (χ4n) is 3.56. The van der Waals surface area contributed by atoms with E-state index in [-0.39, 0.29) is 0 Å². The summed E-state index contributed by atoms with van der Waals surface area (Å²) in [5, 5.41) is 2.37. The van der Waals surface area contributed by atoms with Gasteiger partial charge in [0.1, 0.15) is 11.2 Å². The second kappa shape index (κ2) is 6.20. The van der Waals surface area contributed by atoms with E-state index in [0.29, 0.717) is 0 Å². The fourth-order valence-corrected chi connectivity index (χ4v) is 3.56. The van der Waals surface area contributed by atoms with Crippen molar-refractivity contribution in [1.29, 1.82) is 0 Å². The van der Waals surface area contributed by atoms with Crippen molar-refractivity contribution in [1.82, 2.24) is 0 Å². The zero-order valence-corrected chi connectivity index (χ0v) is 14.4. The maximum absolute atomic E-state index is 6.01. The van der Waals surface area contributed by atoms with Crippen LogP contribution in [0.3, 0.4) is 0 Å². The van der Waals surface area contributed by atoms with Gasteiger partial charge in [-0.15, -0.1) is 0 Å². The Morgan fingerprint density at radius 1 is 0.500 bits per heavy atom. The van der Waals surface area contributed by atoms with Crippen LogP contribution in [0.4, 0.5) is 0 Å². The number of fused-ring (bicyclic) bond motifs is 3. The number of furan rings is 1. The second-order valence-electron chi connectivity index (χ2n) is 6.67.